The van der Waals surface area contributed by atoms with E-state index in [-0.39, 0.29) is 20.1 Å². The van der Waals surface area contributed by atoms with Gasteiger partial charge in [-0.25, -0.2) is 0 Å². The van der Waals surface area contributed by atoms with Crippen LogP contribution in [0.1, 0.15) is 16.7 Å². The Morgan fingerprint density at radius 3 is 1.14 bits per heavy atom. The van der Waals surface area contributed by atoms with Gasteiger partial charge in [0, 0.05) is 110 Å². The largest absolute Gasteiger partial charge is 0.458 e. The van der Waals surface area contributed by atoms with Gasteiger partial charge in [0.2, 0.25) is 0 Å². The molecule has 0 saturated heterocycles. The van der Waals surface area contributed by atoms with Gasteiger partial charge in [0.05, 0.1) is 22.7 Å². The molecule has 0 fully saturated rings. The quantitative estimate of drug-likeness (QED) is 0.170. The summed E-state index contributed by atoms with van der Waals surface area (Å²) in [6.07, 6.45) is 0. The molecule has 1 N–H and O–H groups in total. The fraction of sp³-hybridized carbons (Fsp3) is 0.0909. The first-order valence-electron chi connectivity index (χ1n) is 40.1. The second-order valence-corrected chi connectivity index (χ2v) is 47.1. The molecular weight excluding hydrogens is 1440 g/mol. The number of nitrogens with zero attached hydrogens (tertiary/aromatic N) is 5. The molecule has 0 radical (unpaired) electrons. The van der Waals surface area contributed by atoms with Crippen LogP contribution in [0.2, 0.25) is 39.3 Å². The van der Waals surface area contributed by atoms with Crippen molar-refractivity contribution < 1.29 is 14.2 Å². The van der Waals surface area contributed by atoms with Crippen LogP contribution in [-0.4, -0.2) is 44.4 Å². The molecule has 114 heavy (non-hydrogen) atoms. The van der Waals surface area contributed by atoms with Gasteiger partial charge in [-0.15, -0.1) is 0 Å². The Morgan fingerprint density at radius 1 is 0.246 bits per heavy atom. The lowest BCUT2D eigenvalue weighted by atomic mass is 9.30. The van der Waals surface area contributed by atoms with Crippen molar-refractivity contribution in [1.29, 1.82) is 0 Å². The SMILES string of the molecule is Cc1cc(C)c(N2c3cc4c(cc3B3c5ccccc5Oc5cc(N6c7ccccc7[Si](C)(C)c7ccccc76)cc2c53)B2c3cc5c(cc3Oc3cc(N6c7ccccc7[Si](C)(C)c7ccccc76)cc(c32)O4)Nc2cc(N3c4ccccc4[Si](C)(C)c4ccccc43)cc3c2B5c2ccccc2N3c2ccccc2)c(C)c1. The second-order valence-electron chi connectivity index (χ2n) is 34.1. The minimum absolute atomic E-state index is 0.180. The van der Waals surface area contributed by atoms with Crippen LogP contribution in [0.3, 0.4) is 0 Å². The highest BCUT2D eigenvalue weighted by molar-refractivity contribution is 7.06. The van der Waals surface area contributed by atoms with Crippen molar-refractivity contribution >= 4 is 221 Å². The van der Waals surface area contributed by atoms with Gasteiger partial charge in [0.15, 0.2) is 0 Å². The highest BCUT2D eigenvalue weighted by atomic mass is 28.3. The number of aryl methyl sites for hydroxylation is 3. The van der Waals surface area contributed by atoms with Crippen molar-refractivity contribution in [2.45, 2.75) is 60.1 Å². The lowest BCUT2D eigenvalue weighted by Crippen LogP contribution is -2.64. The Kier molecular flexibility index (Phi) is 13.6. The molecule has 24 rings (SSSR count). The van der Waals surface area contributed by atoms with Gasteiger partial charge < -0.3 is 44.0 Å². The minimum Gasteiger partial charge on any atom is -0.458 e. The first-order valence-corrected chi connectivity index (χ1v) is 49.1. The zero-order chi connectivity index (χ0) is 76.3. The molecule has 542 valence electrons. The number of nitrogens with one attached hydrogen (secondary N) is 1. The summed E-state index contributed by atoms with van der Waals surface area (Å²) in [7, 11) is -6.47. The fourth-order valence-electron chi connectivity index (χ4n) is 21.8. The molecule has 0 unspecified atom stereocenters. The highest BCUT2D eigenvalue weighted by Crippen LogP contribution is 2.53. The van der Waals surface area contributed by atoms with Gasteiger partial charge in [-0.05, 0) is 186 Å². The fourth-order valence-corrected chi connectivity index (χ4v) is 30.8. The van der Waals surface area contributed by atoms with Gasteiger partial charge >= 0.3 is 0 Å². The minimum atomic E-state index is -2.19. The number of fused-ring (bicyclic) bond motifs is 18. The lowest BCUT2D eigenvalue weighted by Gasteiger charge is -2.45. The second kappa shape index (κ2) is 23.5. The van der Waals surface area contributed by atoms with Crippen molar-refractivity contribution in [2.75, 3.05) is 29.8 Å². The van der Waals surface area contributed by atoms with Crippen LogP contribution in [0.5, 0.6) is 34.5 Å². The zero-order valence-electron chi connectivity index (χ0n) is 65.0. The van der Waals surface area contributed by atoms with Gasteiger partial charge in [-0.3, -0.25) is 0 Å². The molecule has 15 aromatic rings. The number of anilines is 17. The standard InChI is InChI=1S/C99H77B3N6O3Si3/c1-59-47-60(2)99(61(3)48-59)108-81-58-86-71(56-69(81)101-67-32-14-22-40-84(67)109-87-52-64(51-83(108)97(87)101)106-77-36-18-25-43-92(77)113(6,7)93-44-26-19-37-78(93)106)102-70-55-68-72(57-85(70)110-88-53-65(54-89(111-86)98(88)102)107-79-38-20-27-45-94(79)114(8,9)95-46-28-21-39-80(95)107)103-73-49-63(105-75-34-16-23-41-90(75)112(4,5)91-42-24-17-35-76(91)105)50-82-96(73)100(68)66-31-13-15-33-74(66)104(82)62-29-11-10-12-30-62/h10-58,103H,1-9H3. The smallest absolute Gasteiger partial charge is 0.260 e. The Hall–Kier alpha value is -12.7. The summed E-state index contributed by atoms with van der Waals surface area (Å²) in [5, 5.41) is 12.7. The van der Waals surface area contributed by atoms with Crippen molar-refractivity contribution in [3.63, 3.8) is 0 Å². The number of benzene rings is 15. The van der Waals surface area contributed by atoms with Crippen LogP contribution in [0.25, 0.3) is 0 Å². The summed E-state index contributed by atoms with van der Waals surface area (Å²) >= 11 is 0. The molecule has 9 aliphatic rings. The number of para-hydroxylation sites is 9. The van der Waals surface area contributed by atoms with Crippen molar-refractivity contribution in [2.24, 2.45) is 0 Å². The topological polar surface area (TPSA) is 55.9 Å². The predicted molar refractivity (Wildman–Crippen MR) is 488 cm³/mol. The molecule has 0 aromatic heterocycles. The van der Waals surface area contributed by atoms with E-state index in [0.29, 0.717) is 0 Å². The maximum atomic E-state index is 7.97. The molecule has 0 atom stereocenters. The number of ether oxygens (including phenoxy) is 3. The zero-order valence-corrected chi connectivity index (χ0v) is 68.0. The Morgan fingerprint density at radius 2 is 0.623 bits per heavy atom. The van der Waals surface area contributed by atoms with Crippen molar-refractivity contribution in [3.8, 4) is 34.5 Å². The van der Waals surface area contributed by atoms with E-state index in [1.165, 1.54) is 104 Å². The van der Waals surface area contributed by atoms with E-state index in [2.05, 4.69) is 387 Å². The third kappa shape index (κ3) is 8.97. The Labute approximate surface area is 669 Å². The summed E-state index contributed by atoms with van der Waals surface area (Å²) in [6, 6.07) is 112. The van der Waals surface area contributed by atoms with E-state index < -0.39 is 24.2 Å². The molecule has 9 heterocycles. The highest BCUT2D eigenvalue weighted by Gasteiger charge is 2.52. The summed E-state index contributed by atoms with van der Waals surface area (Å²) in [4.78, 5) is 12.6. The summed E-state index contributed by atoms with van der Waals surface area (Å²) in [6.45, 7) is 21.0. The number of hydrogen-bond donors (Lipinski definition) is 1. The molecular formula is C99H77B3N6O3Si3. The van der Waals surface area contributed by atoms with Gasteiger partial charge in [0.1, 0.15) is 58.7 Å². The maximum absolute atomic E-state index is 7.97. The monoisotopic (exact) mass is 1510 g/mol. The lowest BCUT2D eigenvalue weighted by molar-refractivity contribution is 0.465. The predicted octanol–water partition coefficient (Wildman–Crippen LogP) is 15.9. The molecule has 9 nitrogen and oxygen atoms in total. The average Bonchev–Trinajstić information content (AvgIpc) is 0.692. The summed E-state index contributed by atoms with van der Waals surface area (Å²) in [5.74, 6) is 4.85. The molecule has 0 amide bonds. The molecule has 15 aromatic carbocycles. The summed E-state index contributed by atoms with van der Waals surface area (Å²) < 4.78 is 23.3. The molecule has 0 spiro atoms. The molecule has 0 saturated carbocycles. The third-order valence-corrected chi connectivity index (χ3v) is 37.3. The molecule has 15 heteroatoms. The van der Waals surface area contributed by atoms with Crippen molar-refractivity contribution in [3.05, 3.63) is 314 Å². The van der Waals surface area contributed by atoms with Gasteiger partial charge in [-0.2, -0.15) is 0 Å². The van der Waals surface area contributed by atoms with Crippen LogP contribution in [0.15, 0.2) is 297 Å². The molecule has 0 bridgehead atoms. The van der Waals surface area contributed by atoms with Gasteiger partial charge in [0.25, 0.3) is 20.1 Å². The van der Waals surface area contributed by atoms with Gasteiger partial charge in [-0.1, -0.05) is 233 Å². The van der Waals surface area contributed by atoms with Crippen LogP contribution < -0.4 is 124 Å². The number of rotatable bonds is 5. The van der Waals surface area contributed by atoms with E-state index in [1.54, 1.807) is 0 Å². The van der Waals surface area contributed by atoms with E-state index in [9.17, 15) is 0 Å². The van der Waals surface area contributed by atoms with E-state index >= 15 is 0 Å². The van der Waals surface area contributed by atoms with E-state index in [4.69, 9.17) is 14.2 Å². The first kappa shape index (κ1) is 66.0. The molecule has 0 aliphatic carbocycles. The third-order valence-electron chi connectivity index (χ3n) is 26.7. The van der Waals surface area contributed by atoms with Crippen LogP contribution in [-0.2, 0) is 0 Å². The Balaban J connectivity index is 0.757. The van der Waals surface area contributed by atoms with E-state index in [0.717, 1.165) is 124 Å². The molecule has 9 aliphatic heterocycles. The van der Waals surface area contributed by atoms with E-state index in [1.807, 2.05) is 0 Å². The average molecular weight is 1520 g/mol. The van der Waals surface area contributed by atoms with Crippen LogP contribution in [0.4, 0.5) is 96.7 Å². The van der Waals surface area contributed by atoms with Crippen LogP contribution in [0, 0.1) is 20.8 Å². The normalized spacial score (nSPS) is 15.8. The first-order chi connectivity index (χ1) is 55.5. The number of hydrogen-bond acceptors (Lipinski definition) is 9. The van der Waals surface area contributed by atoms with Crippen molar-refractivity contribution in [1.82, 2.24) is 0 Å². The summed E-state index contributed by atoms with van der Waals surface area (Å²) in [5.41, 5.74) is 33.0. The maximum Gasteiger partial charge on any atom is 0.260 e. The van der Waals surface area contributed by atoms with Crippen LogP contribution >= 0.6 is 0 Å². The Bertz CT molecular complexity index is 6650.